The number of methoxy groups -OCH3 is 2. The van der Waals surface area contributed by atoms with Crippen molar-refractivity contribution in [3.63, 3.8) is 0 Å². The Labute approximate surface area is 182 Å². The minimum atomic E-state index is -0.172. The second-order valence-electron chi connectivity index (χ2n) is 7.36. The van der Waals surface area contributed by atoms with Crippen molar-refractivity contribution < 1.29 is 14.3 Å². The molecule has 4 nitrogen and oxygen atoms in total. The van der Waals surface area contributed by atoms with Gasteiger partial charge >= 0.3 is 0 Å². The van der Waals surface area contributed by atoms with Gasteiger partial charge in [0.05, 0.1) is 26.7 Å². The molecule has 1 atom stereocenters. The van der Waals surface area contributed by atoms with Gasteiger partial charge in [0.15, 0.2) is 11.5 Å². The van der Waals surface area contributed by atoms with Crippen LogP contribution in [0.25, 0.3) is 0 Å². The molecular weight excluding hydrogens is 398 g/mol. The lowest BCUT2D eigenvalue weighted by molar-refractivity contribution is -0.132. The van der Waals surface area contributed by atoms with E-state index in [-0.39, 0.29) is 11.9 Å². The van der Waals surface area contributed by atoms with E-state index in [0.717, 1.165) is 23.1 Å². The van der Waals surface area contributed by atoms with Gasteiger partial charge in [-0.1, -0.05) is 54.1 Å². The van der Waals surface area contributed by atoms with Gasteiger partial charge in [-0.25, -0.2) is 0 Å². The highest BCUT2D eigenvalue weighted by molar-refractivity contribution is 6.30. The molecule has 1 amide bonds. The summed E-state index contributed by atoms with van der Waals surface area (Å²) in [6, 6.07) is 21.5. The molecule has 0 spiro atoms. The molecule has 0 saturated carbocycles. The highest BCUT2D eigenvalue weighted by Gasteiger charge is 2.33. The van der Waals surface area contributed by atoms with E-state index in [0.29, 0.717) is 29.5 Å². The number of carbonyl (C=O) groups is 1. The van der Waals surface area contributed by atoms with Crippen molar-refractivity contribution in [2.75, 3.05) is 20.8 Å². The van der Waals surface area contributed by atoms with E-state index in [4.69, 9.17) is 21.1 Å². The molecule has 154 valence electrons. The third kappa shape index (κ3) is 4.01. The average molecular weight is 422 g/mol. The maximum absolute atomic E-state index is 13.4. The van der Waals surface area contributed by atoms with E-state index in [1.165, 1.54) is 5.56 Å². The molecule has 0 N–H and O–H groups in total. The molecule has 0 bridgehead atoms. The fourth-order valence-electron chi connectivity index (χ4n) is 4.09. The van der Waals surface area contributed by atoms with Gasteiger partial charge < -0.3 is 14.4 Å². The Bertz CT molecular complexity index is 1030. The van der Waals surface area contributed by atoms with Gasteiger partial charge in [-0.15, -0.1) is 0 Å². The number of hydrogen-bond donors (Lipinski definition) is 0. The maximum atomic E-state index is 13.4. The minimum absolute atomic E-state index is 0.0895. The molecule has 3 aromatic rings. The Morgan fingerprint density at radius 1 is 1.00 bits per heavy atom. The predicted molar refractivity (Wildman–Crippen MR) is 118 cm³/mol. The van der Waals surface area contributed by atoms with Crippen LogP contribution in [-0.2, 0) is 17.6 Å². The normalized spacial score (nSPS) is 15.4. The standard InChI is InChI=1S/C25H24ClNO3/c1-29-22-15-19-12-13-27(24(28)14-17-8-10-20(26)11-9-17)25(18-6-4-3-5-7-18)21(19)16-23(22)30-2/h3-11,15-16,25H,12-14H2,1-2H3. The van der Waals surface area contributed by atoms with Crippen LogP contribution in [-0.4, -0.2) is 31.6 Å². The van der Waals surface area contributed by atoms with Crippen LogP contribution in [0.3, 0.4) is 0 Å². The Morgan fingerprint density at radius 3 is 2.33 bits per heavy atom. The third-order valence-electron chi connectivity index (χ3n) is 5.58. The van der Waals surface area contributed by atoms with E-state index in [1.807, 2.05) is 59.5 Å². The van der Waals surface area contributed by atoms with E-state index in [2.05, 4.69) is 12.1 Å². The summed E-state index contributed by atoms with van der Waals surface area (Å²) in [5, 5.41) is 0.668. The molecule has 1 aliphatic rings. The number of carbonyl (C=O) groups excluding carboxylic acids is 1. The number of hydrogen-bond acceptors (Lipinski definition) is 3. The first-order chi connectivity index (χ1) is 14.6. The molecule has 0 radical (unpaired) electrons. The van der Waals surface area contributed by atoms with Crippen LogP contribution in [0.15, 0.2) is 66.7 Å². The zero-order chi connectivity index (χ0) is 21.1. The van der Waals surface area contributed by atoms with E-state index in [1.54, 1.807) is 14.2 Å². The molecule has 30 heavy (non-hydrogen) atoms. The lowest BCUT2D eigenvalue weighted by atomic mass is 9.87. The summed E-state index contributed by atoms with van der Waals surface area (Å²) >= 11 is 5.99. The summed E-state index contributed by atoms with van der Waals surface area (Å²) in [5.41, 5.74) is 4.29. The Hall–Kier alpha value is -2.98. The van der Waals surface area contributed by atoms with Gasteiger partial charge in [-0.3, -0.25) is 4.79 Å². The second-order valence-corrected chi connectivity index (χ2v) is 7.80. The molecular formula is C25H24ClNO3. The summed E-state index contributed by atoms with van der Waals surface area (Å²) in [4.78, 5) is 15.3. The number of halogens is 1. The SMILES string of the molecule is COc1cc2c(cc1OC)C(c1ccccc1)N(C(=O)Cc1ccc(Cl)cc1)CC2. The lowest BCUT2D eigenvalue weighted by Gasteiger charge is -2.38. The molecule has 0 saturated heterocycles. The average Bonchev–Trinajstić information content (AvgIpc) is 2.79. The van der Waals surface area contributed by atoms with Gasteiger partial charge in [0.25, 0.3) is 0 Å². The largest absolute Gasteiger partial charge is 0.493 e. The number of rotatable bonds is 5. The van der Waals surface area contributed by atoms with Gasteiger partial charge in [-0.2, -0.15) is 0 Å². The van der Waals surface area contributed by atoms with Crippen LogP contribution in [0.2, 0.25) is 5.02 Å². The van der Waals surface area contributed by atoms with E-state index >= 15 is 0 Å². The van der Waals surface area contributed by atoms with Crippen LogP contribution < -0.4 is 9.47 Å². The maximum Gasteiger partial charge on any atom is 0.227 e. The van der Waals surface area contributed by atoms with Crippen molar-refractivity contribution in [2.24, 2.45) is 0 Å². The van der Waals surface area contributed by atoms with Crippen molar-refractivity contribution in [1.82, 2.24) is 4.90 Å². The number of fused-ring (bicyclic) bond motifs is 1. The Balaban J connectivity index is 1.74. The van der Waals surface area contributed by atoms with E-state index in [9.17, 15) is 4.79 Å². The van der Waals surface area contributed by atoms with Crippen molar-refractivity contribution in [3.8, 4) is 11.5 Å². The smallest absolute Gasteiger partial charge is 0.227 e. The predicted octanol–water partition coefficient (Wildman–Crippen LogP) is 5.07. The number of ether oxygens (including phenoxy) is 2. The first-order valence-electron chi connectivity index (χ1n) is 9.94. The van der Waals surface area contributed by atoms with Crippen molar-refractivity contribution in [2.45, 2.75) is 18.9 Å². The van der Waals surface area contributed by atoms with Crippen LogP contribution in [0.4, 0.5) is 0 Å². The molecule has 0 aromatic heterocycles. The first-order valence-corrected chi connectivity index (χ1v) is 10.3. The van der Waals surface area contributed by atoms with Crippen LogP contribution in [0.1, 0.15) is 28.3 Å². The molecule has 4 rings (SSSR count). The second kappa shape index (κ2) is 8.80. The Morgan fingerprint density at radius 2 is 1.67 bits per heavy atom. The monoisotopic (exact) mass is 421 g/mol. The minimum Gasteiger partial charge on any atom is -0.493 e. The summed E-state index contributed by atoms with van der Waals surface area (Å²) < 4.78 is 11.0. The molecule has 1 aliphatic heterocycles. The topological polar surface area (TPSA) is 38.8 Å². The zero-order valence-electron chi connectivity index (χ0n) is 17.1. The van der Waals surface area contributed by atoms with Gasteiger partial charge in [0, 0.05) is 11.6 Å². The first kappa shape index (κ1) is 20.3. The lowest BCUT2D eigenvalue weighted by Crippen LogP contribution is -2.41. The quantitative estimate of drug-likeness (QED) is 0.577. The van der Waals surface area contributed by atoms with Crippen molar-refractivity contribution >= 4 is 17.5 Å². The zero-order valence-corrected chi connectivity index (χ0v) is 17.9. The fraction of sp³-hybridized carbons (Fsp3) is 0.240. The van der Waals surface area contributed by atoms with Crippen LogP contribution >= 0.6 is 11.6 Å². The summed E-state index contributed by atoms with van der Waals surface area (Å²) in [5.74, 6) is 1.47. The number of benzene rings is 3. The van der Waals surface area contributed by atoms with Crippen molar-refractivity contribution in [3.05, 3.63) is 94.0 Å². The third-order valence-corrected chi connectivity index (χ3v) is 5.83. The van der Waals surface area contributed by atoms with E-state index < -0.39 is 0 Å². The van der Waals surface area contributed by atoms with Gasteiger partial charge in [-0.05, 0) is 52.9 Å². The van der Waals surface area contributed by atoms with Gasteiger partial charge in [0.1, 0.15) is 0 Å². The highest BCUT2D eigenvalue weighted by Crippen LogP contribution is 2.41. The number of nitrogens with zero attached hydrogens (tertiary/aromatic N) is 1. The molecule has 1 unspecified atom stereocenters. The van der Waals surface area contributed by atoms with Crippen LogP contribution in [0, 0.1) is 0 Å². The number of amides is 1. The highest BCUT2D eigenvalue weighted by atomic mass is 35.5. The fourth-order valence-corrected chi connectivity index (χ4v) is 4.21. The molecule has 5 heteroatoms. The summed E-state index contributed by atoms with van der Waals surface area (Å²) in [7, 11) is 3.28. The molecule has 3 aromatic carbocycles. The Kier molecular flexibility index (Phi) is 5.96. The van der Waals surface area contributed by atoms with Crippen molar-refractivity contribution in [1.29, 1.82) is 0 Å². The molecule has 1 heterocycles. The summed E-state index contributed by atoms with van der Waals surface area (Å²) in [6.07, 6.45) is 1.11. The summed E-state index contributed by atoms with van der Waals surface area (Å²) in [6.45, 7) is 0.647. The van der Waals surface area contributed by atoms with Crippen LogP contribution in [0.5, 0.6) is 11.5 Å². The molecule has 0 fully saturated rings. The van der Waals surface area contributed by atoms with Gasteiger partial charge in [0.2, 0.25) is 5.91 Å². The molecule has 0 aliphatic carbocycles.